The van der Waals surface area contributed by atoms with Crippen molar-refractivity contribution in [3.8, 4) is 0 Å². The van der Waals surface area contributed by atoms with E-state index < -0.39 is 37.3 Å². The van der Waals surface area contributed by atoms with Crippen LogP contribution < -0.4 is 0 Å². The largest absolute Gasteiger partial charge is 0.394 e. The number of rotatable bonds is 9. The van der Waals surface area contributed by atoms with Crippen molar-refractivity contribution in [1.82, 2.24) is 0 Å². The van der Waals surface area contributed by atoms with Gasteiger partial charge in [0, 0.05) is 0 Å². The van der Waals surface area contributed by atoms with E-state index in [1.165, 1.54) is 56.9 Å². The fraction of sp³-hybridized carbons (Fsp3) is 0.943. The summed E-state index contributed by atoms with van der Waals surface area (Å²) in [6.45, 7) is 14.5. The van der Waals surface area contributed by atoms with Crippen molar-refractivity contribution in [2.45, 2.75) is 149 Å². The van der Waals surface area contributed by atoms with Gasteiger partial charge in [0.05, 0.1) is 12.7 Å². The third-order valence-electron chi connectivity index (χ3n) is 13.5. The van der Waals surface area contributed by atoms with Crippen molar-refractivity contribution in [3.05, 3.63) is 11.6 Å². The quantitative estimate of drug-likeness (QED) is 0.257. The van der Waals surface area contributed by atoms with E-state index in [-0.39, 0.29) is 11.5 Å². The second kappa shape index (κ2) is 12.5. The average Bonchev–Trinajstić information content (AvgIpc) is 3.30. The van der Waals surface area contributed by atoms with E-state index in [9.17, 15) is 20.4 Å². The Bertz CT molecular complexity index is 918. The molecule has 4 N–H and O–H groups in total. The van der Waals surface area contributed by atoms with Gasteiger partial charge in [0.25, 0.3) is 0 Å². The van der Waals surface area contributed by atoms with Crippen LogP contribution >= 0.6 is 0 Å². The van der Waals surface area contributed by atoms with Gasteiger partial charge in [-0.05, 0) is 110 Å². The van der Waals surface area contributed by atoms with Gasteiger partial charge in [-0.1, -0.05) is 66.0 Å². The molecule has 0 radical (unpaired) electrons. The van der Waals surface area contributed by atoms with E-state index in [0.29, 0.717) is 5.41 Å². The maximum atomic E-state index is 10.5. The van der Waals surface area contributed by atoms with Crippen molar-refractivity contribution in [2.75, 3.05) is 6.61 Å². The number of hydrogen-bond donors (Lipinski definition) is 4. The molecule has 1 aliphatic heterocycles. The Morgan fingerprint density at radius 3 is 2.39 bits per heavy atom. The van der Waals surface area contributed by atoms with Crippen molar-refractivity contribution < 1.29 is 29.9 Å². The Labute approximate surface area is 249 Å². The number of hydrogen-bond acceptors (Lipinski definition) is 6. The van der Waals surface area contributed by atoms with E-state index in [0.717, 1.165) is 60.7 Å². The number of aliphatic hydroxyl groups excluding tert-OH is 4. The van der Waals surface area contributed by atoms with Crippen LogP contribution in [0.3, 0.4) is 0 Å². The van der Waals surface area contributed by atoms with Crippen molar-refractivity contribution in [2.24, 2.45) is 52.3 Å². The molecule has 236 valence electrons. The van der Waals surface area contributed by atoms with E-state index in [2.05, 4.69) is 47.6 Å². The molecule has 1 heterocycles. The van der Waals surface area contributed by atoms with Crippen molar-refractivity contribution in [3.63, 3.8) is 0 Å². The number of aliphatic hydroxyl groups is 4. The number of allylic oxidation sites excluding steroid dienone is 1. The molecule has 0 aromatic carbocycles. The summed E-state index contributed by atoms with van der Waals surface area (Å²) in [4.78, 5) is 0. The third kappa shape index (κ3) is 5.73. The predicted octanol–water partition coefficient (Wildman–Crippen LogP) is 5.85. The molecule has 0 aromatic rings. The molecule has 4 aliphatic carbocycles. The SMILES string of the molecule is CCC(CCC(C)C1CCC2C3CC=C4CC(OC5OC(CO)C(O)C(O)C5O)CC[C@]4(C)C3CC[C@]12C)C(C)C. The molecule has 0 spiro atoms. The maximum absolute atomic E-state index is 10.5. The molecule has 41 heavy (non-hydrogen) atoms. The molecular weight excluding hydrogens is 516 g/mol. The number of ether oxygens (including phenoxy) is 2. The lowest BCUT2D eigenvalue weighted by molar-refractivity contribution is -0.313. The molecule has 6 heteroatoms. The molecule has 12 unspecified atom stereocenters. The van der Waals surface area contributed by atoms with Gasteiger partial charge < -0.3 is 29.9 Å². The third-order valence-corrected chi connectivity index (χ3v) is 13.5. The first-order chi connectivity index (χ1) is 19.4. The summed E-state index contributed by atoms with van der Waals surface area (Å²) < 4.78 is 11.9. The summed E-state index contributed by atoms with van der Waals surface area (Å²) in [6, 6.07) is 0. The fourth-order valence-electron chi connectivity index (χ4n) is 10.8. The van der Waals surface area contributed by atoms with Crippen LogP contribution in [0, 0.1) is 52.3 Å². The van der Waals surface area contributed by atoms with Crippen LogP contribution in [0.1, 0.15) is 112 Å². The zero-order chi connectivity index (χ0) is 29.7. The minimum Gasteiger partial charge on any atom is -0.394 e. The van der Waals surface area contributed by atoms with E-state index in [4.69, 9.17) is 9.47 Å². The van der Waals surface area contributed by atoms with Gasteiger partial charge in [0.1, 0.15) is 24.4 Å². The van der Waals surface area contributed by atoms with Crippen molar-refractivity contribution in [1.29, 1.82) is 0 Å². The Morgan fingerprint density at radius 2 is 1.71 bits per heavy atom. The molecule has 1 saturated heterocycles. The standard InChI is InChI=1S/C35H60O6/c1-7-22(20(2)3)9-8-21(4)26-12-13-27-25-11-10-23-18-24(14-16-34(23,5)28(25)15-17-35(26,27)6)40-33-32(39)31(38)30(37)29(19-36)41-33/h10,20-22,24-33,36-39H,7-9,11-19H2,1-6H3/t21?,22?,24?,25?,26?,27?,28?,29?,30?,31?,32?,33?,34-,35+/m0/s1. The Morgan fingerprint density at radius 1 is 0.951 bits per heavy atom. The minimum atomic E-state index is -1.40. The average molecular weight is 577 g/mol. The summed E-state index contributed by atoms with van der Waals surface area (Å²) >= 11 is 0. The lowest BCUT2D eigenvalue weighted by Gasteiger charge is -2.58. The first-order valence-corrected chi connectivity index (χ1v) is 17.1. The maximum Gasteiger partial charge on any atom is 0.186 e. The van der Waals surface area contributed by atoms with Crippen LogP contribution in [-0.4, -0.2) is 63.8 Å². The molecular formula is C35H60O6. The Balaban J connectivity index is 1.24. The monoisotopic (exact) mass is 576 g/mol. The zero-order valence-corrected chi connectivity index (χ0v) is 26.7. The summed E-state index contributed by atoms with van der Waals surface area (Å²) in [6.07, 6.45) is 9.92. The normalized spacial score (nSPS) is 47.7. The predicted molar refractivity (Wildman–Crippen MR) is 161 cm³/mol. The Kier molecular flexibility index (Phi) is 9.71. The van der Waals surface area contributed by atoms with Gasteiger partial charge in [-0.25, -0.2) is 0 Å². The second-order valence-corrected chi connectivity index (χ2v) is 15.7. The fourth-order valence-corrected chi connectivity index (χ4v) is 10.8. The van der Waals surface area contributed by atoms with Crippen LogP contribution in [0.15, 0.2) is 11.6 Å². The molecule has 3 saturated carbocycles. The highest BCUT2D eigenvalue weighted by Crippen LogP contribution is 2.67. The van der Waals surface area contributed by atoms with Gasteiger partial charge in [0.2, 0.25) is 0 Å². The summed E-state index contributed by atoms with van der Waals surface area (Å²) in [5.74, 6) is 5.66. The van der Waals surface area contributed by atoms with Crippen LogP contribution in [0.5, 0.6) is 0 Å². The van der Waals surface area contributed by atoms with Crippen molar-refractivity contribution >= 4 is 0 Å². The van der Waals surface area contributed by atoms with Gasteiger partial charge in [0.15, 0.2) is 6.29 Å². The van der Waals surface area contributed by atoms with E-state index in [1.54, 1.807) is 0 Å². The lowest BCUT2D eigenvalue weighted by Crippen LogP contribution is -2.60. The summed E-state index contributed by atoms with van der Waals surface area (Å²) in [5.41, 5.74) is 2.19. The Hall–Kier alpha value is -0.500. The molecule has 5 aliphatic rings. The van der Waals surface area contributed by atoms with Gasteiger partial charge in [-0.2, -0.15) is 0 Å². The minimum absolute atomic E-state index is 0.101. The van der Waals surface area contributed by atoms with E-state index in [1.807, 2.05) is 0 Å². The van der Waals surface area contributed by atoms with Gasteiger partial charge in [-0.15, -0.1) is 0 Å². The highest BCUT2D eigenvalue weighted by molar-refractivity contribution is 5.25. The molecule has 6 nitrogen and oxygen atoms in total. The molecule has 0 aromatic heterocycles. The first-order valence-electron chi connectivity index (χ1n) is 17.1. The molecule has 14 atom stereocenters. The highest BCUT2D eigenvalue weighted by Gasteiger charge is 2.59. The molecule has 0 bridgehead atoms. The van der Waals surface area contributed by atoms with E-state index >= 15 is 0 Å². The van der Waals surface area contributed by atoms with Gasteiger partial charge >= 0.3 is 0 Å². The first kappa shape index (κ1) is 31.9. The lowest BCUT2D eigenvalue weighted by atomic mass is 9.47. The second-order valence-electron chi connectivity index (χ2n) is 15.7. The smallest absolute Gasteiger partial charge is 0.186 e. The number of fused-ring (bicyclic) bond motifs is 5. The highest BCUT2D eigenvalue weighted by atomic mass is 16.7. The topological polar surface area (TPSA) is 99.4 Å². The summed E-state index contributed by atoms with van der Waals surface area (Å²) in [5, 5.41) is 40.4. The molecule has 4 fully saturated rings. The van der Waals surface area contributed by atoms with Gasteiger partial charge in [-0.3, -0.25) is 0 Å². The zero-order valence-electron chi connectivity index (χ0n) is 26.7. The molecule has 0 amide bonds. The van der Waals surface area contributed by atoms with Crippen LogP contribution in [0.25, 0.3) is 0 Å². The van der Waals surface area contributed by atoms with Crippen LogP contribution in [-0.2, 0) is 9.47 Å². The van der Waals surface area contributed by atoms with Crippen LogP contribution in [0.2, 0.25) is 0 Å². The van der Waals surface area contributed by atoms with Crippen LogP contribution in [0.4, 0.5) is 0 Å². The summed E-state index contributed by atoms with van der Waals surface area (Å²) in [7, 11) is 0. The molecule has 5 rings (SSSR count).